The second-order valence-corrected chi connectivity index (χ2v) is 7.04. The largest absolute Gasteiger partial charge is 0.350 e. The van der Waals surface area contributed by atoms with Gasteiger partial charge in [0.25, 0.3) is 5.91 Å². The fraction of sp³-hybridized carbons (Fsp3) is 0.462. The molecule has 106 valence electrons. The summed E-state index contributed by atoms with van der Waals surface area (Å²) in [6.07, 6.45) is 0. The highest BCUT2D eigenvalue weighted by atomic mass is 32.2. The van der Waals surface area contributed by atoms with Crippen molar-refractivity contribution >= 4 is 15.9 Å². The topological polar surface area (TPSA) is 66.5 Å². The number of sulfonamides is 1. The molecule has 0 saturated heterocycles. The average Bonchev–Trinajstić information content (AvgIpc) is 2.27. The van der Waals surface area contributed by atoms with Crippen LogP contribution in [0.3, 0.4) is 0 Å². The summed E-state index contributed by atoms with van der Waals surface area (Å²) in [6.45, 7) is 5.49. The predicted molar refractivity (Wildman–Crippen MR) is 74.7 cm³/mol. The van der Waals surface area contributed by atoms with Crippen molar-refractivity contribution in [2.75, 3.05) is 14.1 Å². The summed E-state index contributed by atoms with van der Waals surface area (Å²) in [7, 11) is -0.602. The van der Waals surface area contributed by atoms with E-state index in [4.69, 9.17) is 0 Å². The molecule has 19 heavy (non-hydrogen) atoms. The fourth-order valence-corrected chi connectivity index (χ4v) is 2.49. The van der Waals surface area contributed by atoms with Gasteiger partial charge in [0.15, 0.2) is 0 Å². The molecule has 1 aromatic carbocycles. The molecule has 0 radical (unpaired) electrons. The molecule has 0 fully saturated rings. The molecular formula is C13H20N2O3S. The van der Waals surface area contributed by atoms with Crippen LogP contribution in [-0.4, -0.2) is 38.8 Å². The number of rotatable bonds is 4. The second kappa shape index (κ2) is 5.71. The van der Waals surface area contributed by atoms with E-state index in [0.717, 1.165) is 9.87 Å². The number of nitrogens with one attached hydrogen (secondary N) is 1. The minimum absolute atomic E-state index is 0.000937. The van der Waals surface area contributed by atoms with Crippen molar-refractivity contribution < 1.29 is 13.2 Å². The van der Waals surface area contributed by atoms with Gasteiger partial charge in [-0.15, -0.1) is 0 Å². The Kier molecular flexibility index (Phi) is 4.70. The number of aryl methyl sites for hydroxylation is 1. The van der Waals surface area contributed by atoms with Crippen LogP contribution >= 0.6 is 0 Å². The Morgan fingerprint density at radius 3 is 2.32 bits per heavy atom. The molecule has 1 amide bonds. The SMILES string of the molecule is Cc1ccc(S(=O)(=O)N(C)C)cc1C(=O)NC(C)C. The van der Waals surface area contributed by atoms with Crippen LogP contribution in [0.4, 0.5) is 0 Å². The number of carbonyl (C=O) groups excluding carboxylic acids is 1. The quantitative estimate of drug-likeness (QED) is 0.908. The lowest BCUT2D eigenvalue weighted by atomic mass is 10.1. The summed E-state index contributed by atoms with van der Waals surface area (Å²) in [5, 5.41) is 2.76. The zero-order chi connectivity index (χ0) is 14.8. The fourth-order valence-electron chi connectivity index (χ4n) is 1.56. The zero-order valence-electron chi connectivity index (χ0n) is 11.9. The Morgan fingerprint density at radius 1 is 1.26 bits per heavy atom. The van der Waals surface area contributed by atoms with E-state index in [1.165, 1.54) is 26.2 Å². The van der Waals surface area contributed by atoms with E-state index in [9.17, 15) is 13.2 Å². The lowest BCUT2D eigenvalue weighted by molar-refractivity contribution is 0.0942. The average molecular weight is 284 g/mol. The first-order valence-corrected chi connectivity index (χ1v) is 7.44. The molecule has 1 aromatic rings. The van der Waals surface area contributed by atoms with Crippen LogP contribution < -0.4 is 5.32 Å². The van der Waals surface area contributed by atoms with Crippen molar-refractivity contribution in [1.82, 2.24) is 9.62 Å². The number of benzene rings is 1. The lowest BCUT2D eigenvalue weighted by Gasteiger charge is -2.14. The molecule has 0 aliphatic carbocycles. The van der Waals surface area contributed by atoms with Gasteiger partial charge >= 0.3 is 0 Å². The molecule has 0 heterocycles. The Hall–Kier alpha value is -1.40. The smallest absolute Gasteiger partial charge is 0.251 e. The maximum atomic E-state index is 12.0. The van der Waals surface area contributed by atoms with E-state index in [1.807, 2.05) is 13.8 Å². The van der Waals surface area contributed by atoms with Gasteiger partial charge in [-0.2, -0.15) is 0 Å². The molecule has 6 heteroatoms. The van der Waals surface area contributed by atoms with Gasteiger partial charge < -0.3 is 5.32 Å². The van der Waals surface area contributed by atoms with Crippen LogP contribution in [0, 0.1) is 6.92 Å². The first-order valence-electron chi connectivity index (χ1n) is 6.00. The van der Waals surface area contributed by atoms with Crippen LogP contribution in [0.15, 0.2) is 23.1 Å². The van der Waals surface area contributed by atoms with Crippen LogP contribution in [0.25, 0.3) is 0 Å². The van der Waals surface area contributed by atoms with Gasteiger partial charge in [0.05, 0.1) is 4.90 Å². The van der Waals surface area contributed by atoms with Gasteiger partial charge in [0.2, 0.25) is 10.0 Å². The van der Waals surface area contributed by atoms with Gasteiger partial charge in [-0.05, 0) is 38.5 Å². The van der Waals surface area contributed by atoms with E-state index in [-0.39, 0.29) is 16.8 Å². The Labute approximate surface area is 114 Å². The van der Waals surface area contributed by atoms with E-state index in [0.29, 0.717) is 5.56 Å². The van der Waals surface area contributed by atoms with E-state index < -0.39 is 10.0 Å². The minimum atomic E-state index is -3.52. The van der Waals surface area contributed by atoms with Gasteiger partial charge in [-0.3, -0.25) is 4.79 Å². The molecule has 1 N–H and O–H groups in total. The van der Waals surface area contributed by atoms with E-state index >= 15 is 0 Å². The van der Waals surface area contributed by atoms with Gasteiger partial charge in [-0.25, -0.2) is 12.7 Å². The Morgan fingerprint density at radius 2 is 1.84 bits per heavy atom. The van der Waals surface area contributed by atoms with Gasteiger partial charge in [-0.1, -0.05) is 6.07 Å². The summed E-state index contributed by atoms with van der Waals surface area (Å²) in [5.74, 6) is -0.261. The number of nitrogens with zero attached hydrogens (tertiary/aromatic N) is 1. The highest BCUT2D eigenvalue weighted by molar-refractivity contribution is 7.89. The first-order chi connectivity index (χ1) is 8.66. The monoisotopic (exact) mass is 284 g/mol. The third kappa shape index (κ3) is 3.54. The van der Waals surface area contributed by atoms with Crippen molar-refractivity contribution in [3.63, 3.8) is 0 Å². The van der Waals surface area contributed by atoms with Crippen molar-refractivity contribution in [3.05, 3.63) is 29.3 Å². The standard InChI is InChI=1S/C13H20N2O3S/c1-9(2)14-13(16)12-8-11(7-6-10(12)3)19(17,18)15(4)5/h6-9H,1-5H3,(H,14,16). The van der Waals surface area contributed by atoms with Crippen LogP contribution in [-0.2, 0) is 10.0 Å². The molecule has 0 spiro atoms. The summed E-state index contributed by atoms with van der Waals surface area (Å²) < 4.78 is 25.2. The Bertz CT molecular complexity index is 578. The van der Waals surface area contributed by atoms with Crippen molar-refractivity contribution in [2.45, 2.75) is 31.7 Å². The number of carbonyl (C=O) groups is 1. The van der Waals surface area contributed by atoms with Gasteiger partial charge in [0.1, 0.15) is 0 Å². The number of hydrogen-bond acceptors (Lipinski definition) is 3. The summed E-state index contributed by atoms with van der Waals surface area (Å²) in [6, 6.07) is 4.58. The molecule has 0 aliphatic rings. The summed E-state index contributed by atoms with van der Waals surface area (Å²) in [5.41, 5.74) is 1.13. The van der Waals surface area contributed by atoms with Crippen molar-refractivity contribution in [2.24, 2.45) is 0 Å². The molecule has 5 nitrogen and oxygen atoms in total. The summed E-state index contributed by atoms with van der Waals surface area (Å²) >= 11 is 0. The third-order valence-electron chi connectivity index (χ3n) is 2.65. The molecule has 0 aromatic heterocycles. The zero-order valence-corrected chi connectivity index (χ0v) is 12.7. The van der Waals surface area contributed by atoms with E-state index in [2.05, 4.69) is 5.32 Å². The molecule has 0 bridgehead atoms. The molecular weight excluding hydrogens is 264 g/mol. The molecule has 1 rings (SSSR count). The van der Waals surface area contributed by atoms with Crippen molar-refractivity contribution in [1.29, 1.82) is 0 Å². The van der Waals surface area contributed by atoms with Gasteiger partial charge in [0, 0.05) is 25.7 Å². The maximum Gasteiger partial charge on any atom is 0.251 e. The molecule has 0 saturated carbocycles. The predicted octanol–water partition coefficient (Wildman–Crippen LogP) is 1.38. The third-order valence-corrected chi connectivity index (χ3v) is 4.46. The van der Waals surface area contributed by atoms with Crippen molar-refractivity contribution in [3.8, 4) is 0 Å². The number of hydrogen-bond donors (Lipinski definition) is 1. The van der Waals surface area contributed by atoms with Crippen LogP contribution in [0.5, 0.6) is 0 Å². The maximum absolute atomic E-state index is 12.0. The Balaban J connectivity index is 3.26. The highest BCUT2D eigenvalue weighted by Gasteiger charge is 2.20. The molecule has 0 aliphatic heterocycles. The highest BCUT2D eigenvalue weighted by Crippen LogP contribution is 2.18. The summed E-state index contributed by atoms with van der Waals surface area (Å²) in [4.78, 5) is 12.1. The van der Waals surface area contributed by atoms with Crippen LogP contribution in [0.2, 0.25) is 0 Å². The lowest BCUT2D eigenvalue weighted by Crippen LogP contribution is -2.31. The second-order valence-electron chi connectivity index (χ2n) is 4.89. The van der Waals surface area contributed by atoms with Crippen LogP contribution in [0.1, 0.15) is 29.8 Å². The normalized spacial score (nSPS) is 11.9. The minimum Gasteiger partial charge on any atom is -0.350 e. The van der Waals surface area contributed by atoms with E-state index in [1.54, 1.807) is 13.0 Å². The molecule has 0 atom stereocenters. The molecule has 0 unspecified atom stereocenters. The number of amides is 1. The first kappa shape index (κ1) is 15.7.